The zero-order valence-corrected chi connectivity index (χ0v) is 39.6. The van der Waals surface area contributed by atoms with Crippen LogP contribution in [0.25, 0.3) is 5.00 Å². The van der Waals surface area contributed by atoms with Gasteiger partial charge in [-0.25, -0.2) is 5.48 Å². The molecule has 2 fully saturated rings. The number of hydroxylamine groups is 1. The molecule has 0 radical (unpaired) electrons. The molecule has 2 unspecified atom stereocenters. The summed E-state index contributed by atoms with van der Waals surface area (Å²) in [6, 6.07) is 11.0. The summed E-state index contributed by atoms with van der Waals surface area (Å²) in [6.45, 7) is 11.4. The molecule has 67 heavy (non-hydrogen) atoms. The van der Waals surface area contributed by atoms with E-state index in [2.05, 4.69) is 54.9 Å². The average molecular weight is 958 g/mol. The Morgan fingerprint density at radius 1 is 0.910 bits per heavy atom. The van der Waals surface area contributed by atoms with Gasteiger partial charge in [0.2, 0.25) is 23.6 Å². The number of nitrogens with one attached hydrogen (secondary N) is 4. The highest BCUT2D eigenvalue weighted by Crippen LogP contribution is 2.43. The van der Waals surface area contributed by atoms with E-state index >= 15 is 0 Å². The number of carbonyl (C=O) groups is 6. The van der Waals surface area contributed by atoms with Crippen molar-refractivity contribution in [1.82, 2.24) is 50.9 Å². The van der Waals surface area contributed by atoms with E-state index in [1.807, 2.05) is 36.1 Å². The number of unbranched alkanes of at least 4 members (excludes halogenated alkanes) is 2. The number of nitrogens with zero attached hydrogens (tertiary/aromatic N) is 6. The summed E-state index contributed by atoms with van der Waals surface area (Å²) in [5, 5.41) is 19.8. The molecule has 0 spiro atoms. The summed E-state index contributed by atoms with van der Waals surface area (Å²) >= 11 is 7.98. The normalized spacial score (nSPS) is 19.5. The Morgan fingerprint density at radius 3 is 2.48 bits per heavy atom. The molecular formula is C47H57ClN10O8S. The maximum atomic E-state index is 13.4. The fourth-order valence-electron chi connectivity index (χ4n) is 9.17. The zero-order valence-electron chi connectivity index (χ0n) is 38.0. The number of hydrogen-bond donors (Lipinski definition) is 4. The van der Waals surface area contributed by atoms with Gasteiger partial charge in [-0.15, -0.1) is 21.5 Å². The number of ether oxygens (including phenoxy) is 1. The molecule has 4 aliphatic heterocycles. The molecule has 2 aromatic carbocycles. The van der Waals surface area contributed by atoms with E-state index in [9.17, 15) is 28.8 Å². The van der Waals surface area contributed by atoms with E-state index in [4.69, 9.17) is 21.2 Å². The van der Waals surface area contributed by atoms with Crippen LogP contribution in [0.3, 0.4) is 0 Å². The molecule has 8 rings (SSSR count). The predicted molar refractivity (Wildman–Crippen MR) is 249 cm³/mol. The highest BCUT2D eigenvalue weighted by atomic mass is 35.5. The van der Waals surface area contributed by atoms with Gasteiger partial charge in [-0.05, 0) is 88.4 Å². The molecule has 0 saturated carbocycles. The highest BCUT2D eigenvalue weighted by Gasteiger charge is 2.46. The summed E-state index contributed by atoms with van der Waals surface area (Å²) in [5.41, 5.74) is 6.58. The van der Waals surface area contributed by atoms with Gasteiger partial charge in [-0.2, -0.15) is 0 Å². The minimum atomic E-state index is -1.05. The van der Waals surface area contributed by atoms with Crippen LogP contribution in [0.2, 0.25) is 5.02 Å². The van der Waals surface area contributed by atoms with Crippen LogP contribution in [0, 0.1) is 20.8 Å². The number of halogens is 1. The standard InChI is InChI=1S/C47H57ClN10O8S/c1-28-29(2)67-47-40(28)42(31-12-14-32(48)15-13-31)51-34(43-54-53-30(3)57(43)47)27-38(60)49-18-8-20-55-21-23-56(24-22-55)39(61)11-5-4-6-19-50-66-26-25-65-36-10-7-9-33-41(36)46(64)58(45(33)63)35-16-17-37(59)52-44(35)62/h7,9-10,12-15,34-35,42,50-51H,4-6,8,11,16-27H2,1-3H3,(H,49,60)(H,52,59,62)/t34-,35?,42?/m1/s1. The first-order chi connectivity index (χ1) is 32.4. The van der Waals surface area contributed by atoms with Crippen molar-refractivity contribution in [1.29, 1.82) is 0 Å². The second-order valence-corrected chi connectivity index (χ2v) is 18.9. The zero-order chi connectivity index (χ0) is 47.2. The van der Waals surface area contributed by atoms with Crippen molar-refractivity contribution in [2.75, 3.05) is 59.0 Å². The summed E-state index contributed by atoms with van der Waals surface area (Å²) in [5.74, 6) is -0.495. The van der Waals surface area contributed by atoms with Crippen LogP contribution < -0.4 is 26.2 Å². The summed E-state index contributed by atoms with van der Waals surface area (Å²) in [6.07, 6.45) is 4.06. The molecular weight excluding hydrogens is 900 g/mol. The Morgan fingerprint density at radius 2 is 1.70 bits per heavy atom. The van der Waals surface area contributed by atoms with E-state index in [-0.39, 0.29) is 73.3 Å². The Labute approximate surface area is 398 Å². The maximum Gasteiger partial charge on any atom is 0.266 e. The SMILES string of the molecule is Cc1sc2c(c1C)C(c1ccc(Cl)cc1)N[C@H](CC(=O)NCCCN1CCN(C(=O)CCCCCNOCCOc3cccc4c3C(=O)N(C3CCC(=O)NC3=O)C4=O)CC1)c1nnc(C)n1-2. The first kappa shape index (κ1) is 47.9. The monoisotopic (exact) mass is 956 g/mol. The van der Waals surface area contributed by atoms with E-state index in [1.165, 1.54) is 16.5 Å². The fourth-order valence-corrected chi connectivity index (χ4v) is 10.6. The maximum absolute atomic E-state index is 13.4. The van der Waals surface area contributed by atoms with E-state index < -0.39 is 29.7 Å². The molecule has 4 aliphatic rings. The van der Waals surface area contributed by atoms with Crippen molar-refractivity contribution in [3.8, 4) is 10.8 Å². The Balaban J connectivity index is 0.682. The number of aromatic nitrogens is 3. The van der Waals surface area contributed by atoms with Crippen LogP contribution in [-0.4, -0.2) is 130 Å². The smallest absolute Gasteiger partial charge is 0.266 e. The lowest BCUT2D eigenvalue weighted by Crippen LogP contribution is -2.54. The van der Waals surface area contributed by atoms with Gasteiger partial charge >= 0.3 is 0 Å². The number of aryl methyl sites for hydroxylation is 2. The topological polar surface area (TPSA) is 209 Å². The average Bonchev–Trinajstić information content (AvgIpc) is 3.89. The molecule has 356 valence electrons. The molecule has 0 aliphatic carbocycles. The lowest BCUT2D eigenvalue weighted by molar-refractivity contribution is -0.136. The van der Waals surface area contributed by atoms with Crippen molar-refractivity contribution in [2.45, 2.75) is 90.3 Å². The van der Waals surface area contributed by atoms with Gasteiger partial charge < -0.3 is 15.0 Å². The minimum Gasteiger partial charge on any atom is -0.490 e. The number of benzene rings is 2. The molecule has 2 saturated heterocycles. The summed E-state index contributed by atoms with van der Waals surface area (Å²) in [7, 11) is 0. The molecule has 3 atom stereocenters. The number of rotatable bonds is 19. The van der Waals surface area contributed by atoms with Gasteiger partial charge in [0.05, 0.1) is 23.2 Å². The first-order valence-electron chi connectivity index (χ1n) is 23.0. The van der Waals surface area contributed by atoms with Crippen LogP contribution in [0.1, 0.15) is 117 Å². The Hall–Kier alpha value is -5.57. The number of amides is 6. The second-order valence-electron chi connectivity index (χ2n) is 17.3. The van der Waals surface area contributed by atoms with Crippen molar-refractivity contribution in [3.63, 3.8) is 0 Å². The molecule has 6 heterocycles. The van der Waals surface area contributed by atoms with Crippen LogP contribution in [0.4, 0.5) is 0 Å². The number of thiophene rings is 1. The van der Waals surface area contributed by atoms with E-state index in [0.29, 0.717) is 37.6 Å². The number of carbonyl (C=O) groups excluding carboxylic acids is 6. The molecule has 4 N–H and O–H groups in total. The van der Waals surface area contributed by atoms with Gasteiger partial charge in [0.25, 0.3) is 11.8 Å². The number of fused-ring (bicyclic) bond motifs is 4. The van der Waals surface area contributed by atoms with Gasteiger partial charge in [0, 0.05) is 74.0 Å². The minimum absolute atomic E-state index is 0.0430. The van der Waals surface area contributed by atoms with Crippen LogP contribution in [-0.2, 0) is 24.0 Å². The van der Waals surface area contributed by atoms with E-state index in [0.717, 1.165) is 78.0 Å². The number of piperidine rings is 1. The molecule has 4 aromatic rings. The summed E-state index contributed by atoms with van der Waals surface area (Å²) < 4.78 is 7.89. The van der Waals surface area contributed by atoms with Crippen molar-refractivity contribution in [2.24, 2.45) is 0 Å². The van der Waals surface area contributed by atoms with Gasteiger partial charge in [0.15, 0.2) is 5.82 Å². The molecule has 6 amide bonds. The Kier molecular flexibility index (Phi) is 15.4. The predicted octanol–water partition coefficient (Wildman–Crippen LogP) is 4.24. The van der Waals surface area contributed by atoms with Crippen molar-refractivity contribution >= 4 is 58.4 Å². The second kappa shape index (κ2) is 21.6. The van der Waals surface area contributed by atoms with Gasteiger partial charge in [-0.3, -0.25) is 58.6 Å². The summed E-state index contributed by atoms with van der Waals surface area (Å²) in [4.78, 5) is 88.5. The number of hydrogen-bond acceptors (Lipinski definition) is 14. The van der Waals surface area contributed by atoms with Gasteiger partial charge in [-0.1, -0.05) is 36.2 Å². The van der Waals surface area contributed by atoms with Gasteiger partial charge in [0.1, 0.15) is 35.8 Å². The molecule has 18 nitrogen and oxygen atoms in total. The first-order valence-corrected chi connectivity index (χ1v) is 24.2. The number of imide groups is 2. The van der Waals surface area contributed by atoms with Crippen LogP contribution >= 0.6 is 22.9 Å². The van der Waals surface area contributed by atoms with Crippen molar-refractivity contribution in [3.05, 3.63) is 91.8 Å². The van der Waals surface area contributed by atoms with E-state index in [1.54, 1.807) is 23.5 Å². The third-order valence-electron chi connectivity index (χ3n) is 12.9. The third kappa shape index (κ3) is 10.8. The molecule has 2 aromatic heterocycles. The fraction of sp³-hybridized carbons (Fsp3) is 0.489. The number of piperazine rings is 1. The van der Waals surface area contributed by atoms with Crippen LogP contribution in [0.5, 0.6) is 5.75 Å². The molecule has 20 heteroatoms. The van der Waals surface area contributed by atoms with Crippen LogP contribution in [0.15, 0.2) is 42.5 Å². The van der Waals surface area contributed by atoms with Crippen molar-refractivity contribution < 1.29 is 38.3 Å². The lowest BCUT2D eigenvalue weighted by atomic mass is 9.96. The largest absolute Gasteiger partial charge is 0.490 e. The lowest BCUT2D eigenvalue weighted by Gasteiger charge is -2.34. The highest BCUT2D eigenvalue weighted by molar-refractivity contribution is 7.14. The molecule has 0 bridgehead atoms. The Bertz CT molecular complexity index is 2500. The quantitative estimate of drug-likeness (QED) is 0.0590. The third-order valence-corrected chi connectivity index (χ3v) is 14.3.